The second kappa shape index (κ2) is 6.44. The summed E-state index contributed by atoms with van der Waals surface area (Å²) in [6, 6.07) is 16.8. The van der Waals surface area contributed by atoms with Crippen molar-refractivity contribution in [2.24, 2.45) is 5.92 Å². The molecular formula is C20H19NO2S. The fourth-order valence-corrected chi connectivity index (χ4v) is 5.11. The molecule has 1 saturated heterocycles. The summed E-state index contributed by atoms with van der Waals surface area (Å²) < 4.78 is 0. The minimum absolute atomic E-state index is 0.0895. The lowest BCUT2D eigenvalue weighted by Crippen LogP contribution is -2.43. The van der Waals surface area contributed by atoms with Gasteiger partial charge in [-0.15, -0.1) is 11.8 Å². The molecule has 0 radical (unpaired) electrons. The van der Waals surface area contributed by atoms with Gasteiger partial charge in [0.15, 0.2) is 0 Å². The van der Waals surface area contributed by atoms with E-state index in [9.17, 15) is 9.59 Å². The molecule has 4 rings (SSSR count). The third kappa shape index (κ3) is 2.75. The molecule has 2 aromatic carbocycles. The van der Waals surface area contributed by atoms with Crippen molar-refractivity contribution in [3.05, 3.63) is 54.1 Å². The number of amides is 2. The number of piperidine rings is 1. The number of carbonyl (C=O) groups excluding carboxylic acids is 2. The summed E-state index contributed by atoms with van der Waals surface area (Å²) in [7, 11) is 0. The third-order valence-corrected chi connectivity index (χ3v) is 6.16. The van der Waals surface area contributed by atoms with Crippen LogP contribution in [0.2, 0.25) is 0 Å². The molecule has 2 aromatic rings. The van der Waals surface area contributed by atoms with Gasteiger partial charge in [0.05, 0.1) is 0 Å². The van der Waals surface area contributed by atoms with Gasteiger partial charge in [0.1, 0.15) is 0 Å². The van der Waals surface area contributed by atoms with Crippen LogP contribution in [-0.2, 0) is 9.59 Å². The van der Waals surface area contributed by atoms with E-state index in [2.05, 4.69) is 47.8 Å². The van der Waals surface area contributed by atoms with E-state index >= 15 is 0 Å². The molecule has 0 bridgehead atoms. The maximum Gasteiger partial charge on any atom is 0.230 e. The van der Waals surface area contributed by atoms with Crippen molar-refractivity contribution < 1.29 is 9.59 Å². The second-order valence-electron chi connectivity index (χ2n) is 6.39. The molecule has 2 heterocycles. The van der Waals surface area contributed by atoms with Crippen molar-refractivity contribution in [2.75, 3.05) is 5.75 Å². The van der Waals surface area contributed by atoms with Crippen LogP contribution in [0.5, 0.6) is 0 Å². The standard InChI is InChI=1S/C20H19NO2S/c22-18-10-9-17(20(23)21-18)15-11-12-24-19-14(7-4-8-16(15)19)13-5-2-1-3-6-13/h1-8,15,17H,9-12H2,(H,21,22,23). The second-order valence-corrected chi connectivity index (χ2v) is 7.50. The summed E-state index contributed by atoms with van der Waals surface area (Å²) in [4.78, 5) is 25.1. The number of thioether (sulfide) groups is 1. The minimum atomic E-state index is -0.139. The Labute approximate surface area is 145 Å². The number of imide groups is 1. The van der Waals surface area contributed by atoms with Crippen LogP contribution in [0.15, 0.2) is 53.4 Å². The molecule has 2 atom stereocenters. The number of hydrogen-bond donors (Lipinski definition) is 1. The Kier molecular flexibility index (Phi) is 4.15. The van der Waals surface area contributed by atoms with Crippen LogP contribution in [0.4, 0.5) is 0 Å². The molecule has 2 aliphatic rings. The fraction of sp³-hybridized carbons (Fsp3) is 0.300. The maximum absolute atomic E-state index is 12.3. The van der Waals surface area contributed by atoms with Crippen LogP contribution in [0.1, 0.15) is 30.7 Å². The fourth-order valence-electron chi connectivity index (χ4n) is 3.81. The monoisotopic (exact) mass is 337 g/mol. The lowest BCUT2D eigenvalue weighted by Gasteiger charge is -2.34. The lowest BCUT2D eigenvalue weighted by molar-refractivity contribution is -0.137. The molecule has 1 N–H and O–H groups in total. The van der Waals surface area contributed by atoms with Crippen molar-refractivity contribution in [2.45, 2.75) is 30.1 Å². The molecule has 4 heteroatoms. The van der Waals surface area contributed by atoms with E-state index in [-0.39, 0.29) is 23.7 Å². The molecule has 0 aromatic heterocycles. The van der Waals surface area contributed by atoms with Crippen molar-refractivity contribution >= 4 is 23.6 Å². The summed E-state index contributed by atoms with van der Waals surface area (Å²) in [5.41, 5.74) is 3.72. The molecule has 24 heavy (non-hydrogen) atoms. The van der Waals surface area contributed by atoms with Gasteiger partial charge in [0.2, 0.25) is 11.8 Å². The number of benzene rings is 2. The highest BCUT2D eigenvalue weighted by Crippen LogP contribution is 2.47. The van der Waals surface area contributed by atoms with Gasteiger partial charge in [0, 0.05) is 17.2 Å². The van der Waals surface area contributed by atoms with E-state index in [1.165, 1.54) is 21.6 Å². The van der Waals surface area contributed by atoms with Gasteiger partial charge >= 0.3 is 0 Å². The molecule has 0 saturated carbocycles. The Morgan fingerprint density at radius 2 is 1.75 bits per heavy atom. The van der Waals surface area contributed by atoms with Crippen LogP contribution < -0.4 is 5.32 Å². The van der Waals surface area contributed by atoms with Crippen LogP contribution in [0, 0.1) is 5.92 Å². The van der Waals surface area contributed by atoms with Crippen molar-refractivity contribution in [3.8, 4) is 11.1 Å². The molecule has 0 aliphatic carbocycles. The Bertz CT molecular complexity index is 787. The minimum Gasteiger partial charge on any atom is -0.296 e. The highest BCUT2D eigenvalue weighted by molar-refractivity contribution is 7.99. The Morgan fingerprint density at radius 3 is 2.54 bits per heavy atom. The third-order valence-electron chi connectivity index (χ3n) is 4.97. The van der Waals surface area contributed by atoms with E-state index in [1.807, 2.05) is 17.8 Å². The van der Waals surface area contributed by atoms with Crippen LogP contribution in [0.25, 0.3) is 11.1 Å². The van der Waals surface area contributed by atoms with Crippen LogP contribution >= 0.6 is 11.8 Å². The van der Waals surface area contributed by atoms with E-state index in [4.69, 9.17) is 0 Å². The Morgan fingerprint density at radius 1 is 0.917 bits per heavy atom. The smallest absolute Gasteiger partial charge is 0.230 e. The molecule has 3 nitrogen and oxygen atoms in total. The van der Waals surface area contributed by atoms with Gasteiger partial charge in [-0.25, -0.2) is 0 Å². The summed E-state index contributed by atoms with van der Waals surface area (Å²) in [6.07, 6.45) is 2.10. The first-order valence-corrected chi connectivity index (χ1v) is 9.37. The first-order valence-electron chi connectivity index (χ1n) is 8.39. The van der Waals surface area contributed by atoms with E-state index < -0.39 is 0 Å². The zero-order valence-electron chi connectivity index (χ0n) is 13.3. The zero-order valence-corrected chi connectivity index (χ0v) is 14.1. The predicted molar refractivity (Wildman–Crippen MR) is 95.8 cm³/mol. The van der Waals surface area contributed by atoms with Gasteiger partial charge in [-0.3, -0.25) is 14.9 Å². The van der Waals surface area contributed by atoms with E-state index in [0.717, 1.165) is 12.2 Å². The number of hydrogen-bond acceptors (Lipinski definition) is 3. The predicted octanol–water partition coefficient (Wildman–Crippen LogP) is 3.99. The average molecular weight is 337 g/mol. The van der Waals surface area contributed by atoms with Gasteiger partial charge in [0.25, 0.3) is 0 Å². The van der Waals surface area contributed by atoms with Crippen molar-refractivity contribution in [1.82, 2.24) is 5.32 Å². The lowest BCUT2D eigenvalue weighted by atomic mass is 9.78. The highest BCUT2D eigenvalue weighted by Gasteiger charge is 2.37. The first-order chi connectivity index (χ1) is 11.7. The molecular weight excluding hydrogens is 318 g/mol. The van der Waals surface area contributed by atoms with Crippen LogP contribution in [0.3, 0.4) is 0 Å². The number of rotatable bonds is 2. The van der Waals surface area contributed by atoms with Crippen molar-refractivity contribution in [1.29, 1.82) is 0 Å². The quantitative estimate of drug-likeness (QED) is 0.843. The maximum atomic E-state index is 12.3. The van der Waals surface area contributed by atoms with E-state index in [0.29, 0.717) is 12.8 Å². The van der Waals surface area contributed by atoms with Gasteiger partial charge < -0.3 is 0 Å². The molecule has 2 amide bonds. The van der Waals surface area contributed by atoms with E-state index in [1.54, 1.807) is 0 Å². The Balaban J connectivity index is 1.74. The largest absolute Gasteiger partial charge is 0.296 e. The SMILES string of the molecule is O=C1CCC(C2CCSc3c(-c4ccccc4)cccc32)C(=O)N1. The van der Waals surface area contributed by atoms with Gasteiger partial charge in [-0.1, -0.05) is 48.5 Å². The van der Waals surface area contributed by atoms with Gasteiger partial charge in [-0.2, -0.15) is 0 Å². The zero-order chi connectivity index (χ0) is 16.5. The summed E-state index contributed by atoms with van der Waals surface area (Å²) >= 11 is 1.88. The normalized spacial score (nSPS) is 23.5. The molecule has 0 spiro atoms. The molecule has 1 fully saturated rings. The number of nitrogens with one attached hydrogen (secondary N) is 1. The Hall–Kier alpha value is -2.07. The first kappa shape index (κ1) is 15.5. The molecule has 122 valence electrons. The summed E-state index contributed by atoms with van der Waals surface area (Å²) in [5.74, 6) is 0.893. The average Bonchev–Trinajstić information content (AvgIpc) is 2.62. The number of fused-ring (bicyclic) bond motifs is 1. The summed E-state index contributed by atoms with van der Waals surface area (Å²) in [5, 5.41) is 2.52. The molecule has 2 aliphatic heterocycles. The van der Waals surface area contributed by atoms with Crippen LogP contribution in [-0.4, -0.2) is 17.6 Å². The molecule has 2 unspecified atom stereocenters. The summed E-state index contributed by atoms with van der Waals surface area (Å²) in [6.45, 7) is 0. The topological polar surface area (TPSA) is 46.2 Å². The van der Waals surface area contributed by atoms with Crippen molar-refractivity contribution in [3.63, 3.8) is 0 Å². The highest BCUT2D eigenvalue weighted by atomic mass is 32.2. The number of carbonyl (C=O) groups is 2. The van der Waals surface area contributed by atoms with Gasteiger partial charge in [-0.05, 0) is 41.2 Å².